The maximum atomic E-state index is 12.0. The fraction of sp³-hybridized carbons (Fsp3) is 0.231. The molecule has 1 amide bonds. The van der Waals surface area contributed by atoms with Gasteiger partial charge in [0.1, 0.15) is 16.7 Å². The lowest BCUT2D eigenvalue weighted by Gasteiger charge is -2.11. The zero-order valence-corrected chi connectivity index (χ0v) is 10.9. The number of carbonyl (C=O) groups is 1. The largest absolute Gasteiger partial charge is 0.464 e. The fourth-order valence-corrected chi connectivity index (χ4v) is 1.79. The zero-order valence-electron chi connectivity index (χ0n) is 10.1. The zero-order chi connectivity index (χ0) is 13.1. The lowest BCUT2D eigenvalue weighted by molar-refractivity contribution is 0.0935. The SMILES string of the molecule is Cc1ccc(C(C)NC(=O)c2cccnc2Cl)o1. The van der Waals surface area contributed by atoms with Crippen LogP contribution in [0, 0.1) is 6.92 Å². The summed E-state index contributed by atoms with van der Waals surface area (Å²) in [5.74, 6) is 1.25. The van der Waals surface area contributed by atoms with E-state index < -0.39 is 0 Å². The molecule has 0 aliphatic carbocycles. The number of nitrogens with zero attached hydrogens (tertiary/aromatic N) is 1. The predicted octanol–water partition coefficient (Wildman–Crippen LogP) is 3.13. The van der Waals surface area contributed by atoms with Gasteiger partial charge in [0.15, 0.2) is 0 Å². The Kier molecular flexibility index (Phi) is 3.67. The summed E-state index contributed by atoms with van der Waals surface area (Å²) in [5.41, 5.74) is 0.356. The number of halogens is 1. The molecule has 5 heteroatoms. The van der Waals surface area contributed by atoms with E-state index in [4.69, 9.17) is 16.0 Å². The highest BCUT2D eigenvalue weighted by atomic mass is 35.5. The molecular weight excluding hydrogens is 252 g/mol. The van der Waals surface area contributed by atoms with E-state index in [0.717, 1.165) is 5.76 Å². The molecular formula is C13H13ClN2O2. The van der Waals surface area contributed by atoms with Crippen LogP contribution in [0.15, 0.2) is 34.9 Å². The number of nitrogens with one attached hydrogen (secondary N) is 1. The number of furan rings is 1. The van der Waals surface area contributed by atoms with Gasteiger partial charge in [0.2, 0.25) is 0 Å². The number of hydrogen-bond acceptors (Lipinski definition) is 3. The van der Waals surface area contributed by atoms with Crippen molar-refractivity contribution in [2.24, 2.45) is 0 Å². The van der Waals surface area contributed by atoms with Gasteiger partial charge in [-0.15, -0.1) is 0 Å². The molecule has 0 spiro atoms. The summed E-state index contributed by atoms with van der Waals surface area (Å²) in [6.07, 6.45) is 1.54. The van der Waals surface area contributed by atoms with Crippen LogP contribution in [0.3, 0.4) is 0 Å². The first-order chi connectivity index (χ1) is 8.58. The Morgan fingerprint density at radius 1 is 1.44 bits per heavy atom. The van der Waals surface area contributed by atoms with Crippen LogP contribution < -0.4 is 5.32 Å². The van der Waals surface area contributed by atoms with Crippen molar-refractivity contribution in [3.05, 3.63) is 52.7 Å². The number of aromatic nitrogens is 1. The highest BCUT2D eigenvalue weighted by molar-refractivity contribution is 6.32. The quantitative estimate of drug-likeness (QED) is 0.867. The van der Waals surface area contributed by atoms with Crippen molar-refractivity contribution in [2.75, 3.05) is 0 Å². The lowest BCUT2D eigenvalue weighted by atomic mass is 10.2. The number of carbonyl (C=O) groups excluding carboxylic acids is 1. The van der Waals surface area contributed by atoms with Gasteiger partial charge >= 0.3 is 0 Å². The third kappa shape index (κ3) is 2.71. The number of hydrogen-bond donors (Lipinski definition) is 1. The number of rotatable bonds is 3. The second kappa shape index (κ2) is 5.23. The predicted molar refractivity (Wildman–Crippen MR) is 68.6 cm³/mol. The minimum absolute atomic E-state index is 0.192. The summed E-state index contributed by atoms with van der Waals surface area (Å²) in [5, 5.41) is 3.00. The third-order valence-electron chi connectivity index (χ3n) is 2.54. The molecule has 0 aliphatic heterocycles. The van der Waals surface area contributed by atoms with Gasteiger partial charge in [-0.25, -0.2) is 4.98 Å². The highest BCUT2D eigenvalue weighted by Gasteiger charge is 2.16. The molecule has 4 nitrogen and oxygen atoms in total. The molecule has 0 bridgehead atoms. The fourth-order valence-electron chi connectivity index (χ4n) is 1.59. The van der Waals surface area contributed by atoms with E-state index in [-0.39, 0.29) is 17.1 Å². The molecule has 0 aliphatic rings. The second-order valence-corrected chi connectivity index (χ2v) is 4.34. The first-order valence-corrected chi connectivity index (χ1v) is 5.93. The maximum Gasteiger partial charge on any atom is 0.254 e. The van der Waals surface area contributed by atoms with Crippen molar-refractivity contribution < 1.29 is 9.21 Å². The summed E-state index contributed by atoms with van der Waals surface area (Å²) in [6, 6.07) is 6.77. The number of pyridine rings is 1. The Balaban J connectivity index is 2.10. The molecule has 18 heavy (non-hydrogen) atoms. The van der Waals surface area contributed by atoms with Crippen LogP contribution in [-0.2, 0) is 0 Å². The average molecular weight is 265 g/mol. The van der Waals surface area contributed by atoms with Crippen molar-refractivity contribution in [3.8, 4) is 0 Å². The number of amides is 1. The summed E-state index contributed by atoms with van der Waals surface area (Å²) < 4.78 is 5.45. The Morgan fingerprint density at radius 3 is 2.83 bits per heavy atom. The summed E-state index contributed by atoms with van der Waals surface area (Å²) in [6.45, 7) is 3.70. The molecule has 1 N–H and O–H groups in total. The molecule has 0 saturated heterocycles. The normalized spacial score (nSPS) is 12.2. The Hall–Kier alpha value is -1.81. The number of aryl methyl sites for hydroxylation is 1. The Bertz CT molecular complexity index is 566. The second-order valence-electron chi connectivity index (χ2n) is 3.99. The van der Waals surface area contributed by atoms with E-state index in [2.05, 4.69) is 10.3 Å². The van der Waals surface area contributed by atoms with Gasteiger partial charge in [-0.2, -0.15) is 0 Å². The van der Waals surface area contributed by atoms with Gasteiger partial charge in [0.05, 0.1) is 11.6 Å². The van der Waals surface area contributed by atoms with Crippen molar-refractivity contribution in [1.29, 1.82) is 0 Å². The van der Waals surface area contributed by atoms with Gasteiger partial charge in [0.25, 0.3) is 5.91 Å². The van der Waals surface area contributed by atoms with Crippen LogP contribution >= 0.6 is 11.6 Å². The highest BCUT2D eigenvalue weighted by Crippen LogP contribution is 2.17. The van der Waals surface area contributed by atoms with Gasteiger partial charge in [-0.1, -0.05) is 11.6 Å². The van der Waals surface area contributed by atoms with Crippen molar-refractivity contribution in [3.63, 3.8) is 0 Å². The van der Waals surface area contributed by atoms with E-state index in [9.17, 15) is 4.79 Å². The minimum Gasteiger partial charge on any atom is -0.464 e. The van der Waals surface area contributed by atoms with E-state index >= 15 is 0 Å². The topological polar surface area (TPSA) is 55.1 Å². The molecule has 2 heterocycles. The molecule has 0 saturated carbocycles. The molecule has 0 radical (unpaired) electrons. The van der Waals surface area contributed by atoms with Crippen molar-refractivity contribution in [1.82, 2.24) is 10.3 Å². The van der Waals surface area contributed by atoms with Crippen molar-refractivity contribution in [2.45, 2.75) is 19.9 Å². The lowest BCUT2D eigenvalue weighted by Crippen LogP contribution is -2.26. The van der Waals surface area contributed by atoms with E-state index in [1.807, 2.05) is 26.0 Å². The summed E-state index contributed by atoms with van der Waals surface area (Å²) in [4.78, 5) is 15.8. The molecule has 2 rings (SSSR count). The van der Waals surface area contributed by atoms with Gasteiger partial charge in [-0.05, 0) is 38.1 Å². The Labute approximate surface area is 110 Å². The van der Waals surface area contributed by atoms with Gasteiger partial charge in [-0.3, -0.25) is 4.79 Å². The molecule has 2 aromatic heterocycles. The molecule has 94 valence electrons. The van der Waals surface area contributed by atoms with Crippen LogP contribution in [-0.4, -0.2) is 10.9 Å². The van der Waals surface area contributed by atoms with Crippen LogP contribution in [0.4, 0.5) is 0 Å². The van der Waals surface area contributed by atoms with Crippen LogP contribution in [0.1, 0.15) is 34.8 Å². The van der Waals surface area contributed by atoms with E-state index in [1.54, 1.807) is 18.3 Å². The smallest absolute Gasteiger partial charge is 0.254 e. The van der Waals surface area contributed by atoms with Gasteiger partial charge < -0.3 is 9.73 Å². The standard InChI is InChI=1S/C13H13ClN2O2/c1-8-5-6-11(18-8)9(2)16-13(17)10-4-3-7-15-12(10)14/h3-7,9H,1-2H3,(H,16,17). The minimum atomic E-state index is -0.269. The van der Waals surface area contributed by atoms with Crippen LogP contribution in [0.25, 0.3) is 0 Å². The van der Waals surface area contributed by atoms with E-state index in [0.29, 0.717) is 11.3 Å². The average Bonchev–Trinajstić information content (AvgIpc) is 2.76. The first kappa shape index (κ1) is 12.6. The maximum absolute atomic E-state index is 12.0. The molecule has 1 atom stereocenters. The summed E-state index contributed by atoms with van der Waals surface area (Å²) >= 11 is 5.86. The first-order valence-electron chi connectivity index (χ1n) is 5.55. The van der Waals surface area contributed by atoms with Gasteiger partial charge in [0, 0.05) is 6.20 Å². The molecule has 1 unspecified atom stereocenters. The molecule has 2 aromatic rings. The monoisotopic (exact) mass is 264 g/mol. The molecule has 0 fully saturated rings. The molecule has 0 aromatic carbocycles. The summed E-state index contributed by atoms with van der Waals surface area (Å²) in [7, 11) is 0. The third-order valence-corrected chi connectivity index (χ3v) is 2.84. The van der Waals surface area contributed by atoms with E-state index in [1.165, 1.54) is 0 Å². The van der Waals surface area contributed by atoms with Crippen molar-refractivity contribution >= 4 is 17.5 Å². The Morgan fingerprint density at radius 2 is 2.22 bits per heavy atom. The van der Waals surface area contributed by atoms with Crippen LogP contribution in [0.5, 0.6) is 0 Å². The van der Waals surface area contributed by atoms with Crippen LogP contribution in [0.2, 0.25) is 5.15 Å².